The molecule has 1 unspecified atom stereocenters. The lowest BCUT2D eigenvalue weighted by Gasteiger charge is -2.34. The minimum absolute atomic E-state index is 0.669. The summed E-state index contributed by atoms with van der Waals surface area (Å²) in [5.41, 5.74) is 3.78. The second-order valence-corrected chi connectivity index (χ2v) is 5.85. The molecule has 1 nitrogen and oxygen atoms in total. The predicted octanol–water partition coefficient (Wildman–Crippen LogP) is 4.02. The average molecular weight is 273 g/mol. The average Bonchev–Trinajstić information content (AvgIpc) is 2.41. The molecular formula is C17H17ClO. The molecule has 1 N–H and O–H groups in total. The Bertz CT molecular complexity index is 620. The molecule has 2 heteroatoms. The summed E-state index contributed by atoms with van der Waals surface area (Å²) in [4.78, 5) is 0. The summed E-state index contributed by atoms with van der Waals surface area (Å²) in [6, 6.07) is 14.2. The van der Waals surface area contributed by atoms with Crippen LogP contribution in [-0.2, 0) is 18.4 Å². The van der Waals surface area contributed by atoms with E-state index in [1.165, 1.54) is 11.1 Å². The minimum atomic E-state index is -0.786. The van der Waals surface area contributed by atoms with Gasteiger partial charge in [-0.25, -0.2) is 0 Å². The number of benzene rings is 2. The van der Waals surface area contributed by atoms with Crippen LogP contribution < -0.4 is 0 Å². The van der Waals surface area contributed by atoms with Crippen LogP contribution in [0.3, 0.4) is 0 Å². The van der Waals surface area contributed by atoms with E-state index in [2.05, 4.69) is 18.2 Å². The molecule has 98 valence electrons. The summed E-state index contributed by atoms with van der Waals surface area (Å²) >= 11 is 6.18. The van der Waals surface area contributed by atoms with Gasteiger partial charge in [0.05, 0.1) is 5.60 Å². The van der Waals surface area contributed by atoms with E-state index >= 15 is 0 Å². The quantitative estimate of drug-likeness (QED) is 0.831. The summed E-state index contributed by atoms with van der Waals surface area (Å²) in [6.45, 7) is 1.98. The molecule has 0 amide bonds. The Balaban J connectivity index is 1.99. The normalized spacial score (nSPS) is 22.1. The standard InChI is InChI=1S/C17H17ClO/c1-12-6-7-15(10-16(12)18)17(19)9-8-13-4-2-3-5-14(13)11-17/h2-7,10,19H,8-9,11H2,1H3. The zero-order valence-electron chi connectivity index (χ0n) is 11.0. The Morgan fingerprint density at radius 3 is 2.58 bits per heavy atom. The maximum absolute atomic E-state index is 10.9. The lowest BCUT2D eigenvalue weighted by molar-refractivity contribution is 0.0222. The summed E-state index contributed by atoms with van der Waals surface area (Å²) in [5, 5.41) is 11.7. The van der Waals surface area contributed by atoms with E-state index < -0.39 is 5.60 Å². The highest BCUT2D eigenvalue weighted by molar-refractivity contribution is 6.31. The van der Waals surface area contributed by atoms with Crippen molar-refractivity contribution in [3.63, 3.8) is 0 Å². The van der Waals surface area contributed by atoms with E-state index in [1.807, 2.05) is 31.2 Å². The molecule has 2 aromatic rings. The second-order valence-electron chi connectivity index (χ2n) is 5.44. The van der Waals surface area contributed by atoms with Crippen molar-refractivity contribution in [1.29, 1.82) is 0 Å². The van der Waals surface area contributed by atoms with E-state index in [9.17, 15) is 5.11 Å². The van der Waals surface area contributed by atoms with Crippen molar-refractivity contribution in [1.82, 2.24) is 0 Å². The largest absolute Gasteiger partial charge is 0.385 e. The first-order chi connectivity index (χ1) is 9.08. The maximum atomic E-state index is 10.9. The van der Waals surface area contributed by atoms with Crippen molar-refractivity contribution >= 4 is 11.6 Å². The van der Waals surface area contributed by atoms with Crippen molar-refractivity contribution in [3.05, 3.63) is 69.7 Å². The number of halogens is 1. The summed E-state index contributed by atoms with van der Waals surface area (Å²) in [5.74, 6) is 0. The lowest BCUT2D eigenvalue weighted by Crippen LogP contribution is -2.33. The van der Waals surface area contributed by atoms with Crippen LogP contribution in [0.1, 0.15) is 28.7 Å². The smallest absolute Gasteiger partial charge is 0.0940 e. The van der Waals surface area contributed by atoms with Crippen LogP contribution in [0.15, 0.2) is 42.5 Å². The number of hydrogen-bond acceptors (Lipinski definition) is 1. The van der Waals surface area contributed by atoms with Crippen LogP contribution in [0, 0.1) is 6.92 Å². The second kappa shape index (κ2) is 4.66. The topological polar surface area (TPSA) is 20.2 Å². The van der Waals surface area contributed by atoms with Gasteiger partial charge in [-0.15, -0.1) is 0 Å². The van der Waals surface area contributed by atoms with E-state index in [0.717, 1.165) is 29.0 Å². The van der Waals surface area contributed by atoms with Gasteiger partial charge in [0.1, 0.15) is 0 Å². The minimum Gasteiger partial charge on any atom is -0.385 e. The SMILES string of the molecule is Cc1ccc(C2(O)CCc3ccccc3C2)cc1Cl. The first-order valence-corrected chi connectivity index (χ1v) is 7.02. The third-order valence-electron chi connectivity index (χ3n) is 4.12. The highest BCUT2D eigenvalue weighted by Gasteiger charge is 2.33. The molecule has 1 aliphatic carbocycles. The number of aliphatic hydroxyl groups is 1. The molecule has 0 saturated carbocycles. The van der Waals surface area contributed by atoms with Crippen molar-refractivity contribution < 1.29 is 5.11 Å². The van der Waals surface area contributed by atoms with Gasteiger partial charge < -0.3 is 5.11 Å². The molecule has 0 saturated heterocycles. The molecule has 0 bridgehead atoms. The third kappa shape index (κ3) is 2.29. The number of rotatable bonds is 1. The zero-order valence-corrected chi connectivity index (χ0v) is 11.7. The van der Waals surface area contributed by atoms with Crippen LogP contribution in [0.4, 0.5) is 0 Å². The van der Waals surface area contributed by atoms with Gasteiger partial charge >= 0.3 is 0 Å². The molecule has 1 atom stereocenters. The van der Waals surface area contributed by atoms with Gasteiger partial charge in [0.25, 0.3) is 0 Å². The van der Waals surface area contributed by atoms with E-state index in [4.69, 9.17) is 11.6 Å². The molecule has 19 heavy (non-hydrogen) atoms. The zero-order chi connectivity index (χ0) is 13.5. The van der Waals surface area contributed by atoms with E-state index in [0.29, 0.717) is 6.42 Å². The Morgan fingerprint density at radius 1 is 1.11 bits per heavy atom. The van der Waals surface area contributed by atoms with Gasteiger partial charge in [-0.1, -0.05) is 48.0 Å². The number of aryl methyl sites for hydroxylation is 2. The van der Waals surface area contributed by atoms with Gasteiger partial charge in [-0.3, -0.25) is 0 Å². The third-order valence-corrected chi connectivity index (χ3v) is 4.53. The predicted molar refractivity (Wildman–Crippen MR) is 78.6 cm³/mol. The fourth-order valence-electron chi connectivity index (χ4n) is 2.85. The Kier molecular flexibility index (Phi) is 3.12. The van der Waals surface area contributed by atoms with Crippen LogP contribution >= 0.6 is 11.6 Å². The molecular weight excluding hydrogens is 256 g/mol. The molecule has 0 heterocycles. The molecule has 3 rings (SSSR count). The maximum Gasteiger partial charge on any atom is 0.0940 e. The van der Waals surface area contributed by atoms with Gasteiger partial charge in [0.2, 0.25) is 0 Å². The van der Waals surface area contributed by atoms with Gasteiger partial charge in [-0.2, -0.15) is 0 Å². The first-order valence-electron chi connectivity index (χ1n) is 6.64. The van der Waals surface area contributed by atoms with Crippen molar-refractivity contribution in [2.45, 2.75) is 31.8 Å². The molecule has 0 fully saturated rings. The van der Waals surface area contributed by atoms with Crippen molar-refractivity contribution in [2.75, 3.05) is 0 Å². The molecule has 0 aliphatic heterocycles. The molecule has 0 radical (unpaired) electrons. The fourth-order valence-corrected chi connectivity index (χ4v) is 3.03. The lowest BCUT2D eigenvalue weighted by atomic mass is 9.76. The van der Waals surface area contributed by atoms with E-state index in [1.54, 1.807) is 0 Å². The first kappa shape index (κ1) is 12.7. The summed E-state index contributed by atoms with van der Waals surface area (Å²) in [7, 11) is 0. The Morgan fingerprint density at radius 2 is 1.84 bits per heavy atom. The number of hydrogen-bond donors (Lipinski definition) is 1. The van der Waals surface area contributed by atoms with Crippen LogP contribution in [-0.4, -0.2) is 5.11 Å². The van der Waals surface area contributed by atoms with Gasteiger partial charge in [0, 0.05) is 11.4 Å². The van der Waals surface area contributed by atoms with Gasteiger partial charge in [0.15, 0.2) is 0 Å². The highest BCUT2D eigenvalue weighted by atomic mass is 35.5. The van der Waals surface area contributed by atoms with Gasteiger partial charge in [-0.05, 0) is 48.1 Å². The van der Waals surface area contributed by atoms with Crippen LogP contribution in [0.5, 0.6) is 0 Å². The Hall–Kier alpha value is -1.31. The molecule has 1 aliphatic rings. The van der Waals surface area contributed by atoms with Crippen LogP contribution in [0.2, 0.25) is 5.02 Å². The summed E-state index contributed by atoms with van der Waals surface area (Å²) < 4.78 is 0. The fraction of sp³-hybridized carbons (Fsp3) is 0.294. The van der Waals surface area contributed by atoms with Crippen molar-refractivity contribution in [3.8, 4) is 0 Å². The van der Waals surface area contributed by atoms with Crippen LogP contribution in [0.25, 0.3) is 0 Å². The molecule has 0 aromatic heterocycles. The molecule has 2 aromatic carbocycles. The Labute approximate surface area is 118 Å². The summed E-state index contributed by atoms with van der Waals surface area (Å²) in [6.07, 6.45) is 2.34. The monoisotopic (exact) mass is 272 g/mol. The van der Waals surface area contributed by atoms with E-state index in [-0.39, 0.29) is 0 Å². The van der Waals surface area contributed by atoms with Crippen molar-refractivity contribution in [2.24, 2.45) is 0 Å². The number of fused-ring (bicyclic) bond motifs is 1. The molecule has 0 spiro atoms. The highest BCUT2D eigenvalue weighted by Crippen LogP contribution is 2.37.